The van der Waals surface area contributed by atoms with Crippen molar-refractivity contribution in [3.63, 3.8) is 0 Å². The van der Waals surface area contributed by atoms with Crippen molar-refractivity contribution in [1.29, 1.82) is 0 Å². The summed E-state index contributed by atoms with van der Waals surface area (Å²) in [5.41, 5.74) is 6.09. The Bertz CT molecular complexity index is 483. The third kappa shape index (κ3) is 3.10. The molecule has 2 atom stereocenters. The highest BCUT2D eigenvalue weighted by atomic mass is 79.9. The van der Waals surface area contributed by atoms with Crippen molar-refractivity contribution in [2.75, 3.05) is 5.75 Å². The van der Waals surface area contributed by atoms with Crippen LogP contribution in [0.1, 0.15) is 24.1 Å². The number of sulfone groups is 1. The number of hydrogen-bond acceptors (Lipinski definition) is 4. The van der Waals surface area contributed by atoms with Crippen molar-refractivity contribution in [3.8, 4) is 0 Å². The van der Waals surface area contributed by atoms with Gasteiger partial charge in [0.2, 0.25) is 0 Å². The van der Waals surface area contributed by atoms with Crippen LogP contribution in [0.15, 0.2) is 15.9 Å². The molecule has 0 aliphatic carbocycles. The van der Waals surface area contributed by atoms with E-state index in [1.807, 2.05) is 11.4 Å². The minimum atomic E-state index is -2.97. The van der Waals surface area contributed by atoms with Crippen LogP contribution in [0.4, 0.5) is 0 Å². The van der Waals surface area contributed by atoms with E-state index in [9.17, 15) is 8.42 Å². The monoisotopic (exact) mass is 337 g/mol. The molecule has 1 aromatic rings. The van der Waals surface area contributed by atoms with E-state index < -0.39 is 9.84 Å². The van der Waals surface area contributed by atoms with Crippen LogP contribution in [0.3, 0.4) is 0 Å². The molecule has 6 heteroatoms. The summed E-state index contributed by atoms with van der Waals surface area (Å²) in [4.78, 5) is 1.14. The Morgan fingerprint density at radius 1 is 1.53 bits per heavy atom. The lowest BCUT2D eigenvalue weighted by Gasteiger charge is -2.27. The molecule has 96 valence electrons. The standard InChI is InChI=1S/C11H16BrNO2S2/c12-8-4-5-16-10(8)7-9(13)11-3-1-2-6-17(11,14)15/h4-5,9,11H,1-3,6-7,13H2. The van der Waals surface area contributed by atoms with Gasteiger partial charge in [-0.15, -0.1) is 11.3 Å². The molecule has 0 saturated carbocycles. The Balaban J connectivity index is 2.09. The zero-order chi connectivity index (χ0) is 12.5. The van der Waals surface area contributed by atoms with Gasteiger partial charge < -0.3 is 5.73 Å². The molecular formula is C11H16BrNO2S2. The molecule has 0 radical (unpaired) electrons. The molecule has 1 saturated heterocycles. The normalized spacial score (nSPS) is 25.6. The summed E-state index contributed by atoms with van der Waals surface area (Å²) in [5.74, 6) is 0.303. The molecule has 2 heterocycles. The average molecular weight is 338 g/mol. The SMILES string of the molecule is NC(Cc1sccc1Br)C1CCCCS1(=O)=O. The molecule has 3 nitrogen and oxygen atoms in total. The minimum Gasteiger partial charge on any atom is -0.326 e. The summed E-state index contributed by atoms with van der Waals surface area (Å²) >= 11 is 5.07. The van der Waals surface area contributed by atoms with E-state index >= 15 is 0 Å². The zero-order valence-electron chi connectivity index (χ0n) is 9.43. The summed E-state index contributed by atoms with van der Waals surface area (Å²) in [7, 11) is -2.97. The molecule has 0 amide bonds. The van der Waals surface area contributed by atoms with Crippen LogP contribution in [0, 0.1) is 0 Å². The number of nitrogens with two attached hydrogens (primary N) is 1. The summed E-state index contributed by atoms with van der Waals surface area (Å²) in [6.07, 6.45) is 3.12. The highest BCUT2D eigenvalue weighted by Crippen LogP contribution is 2.28. The molecule has 2 rings (SSSR count). The van der Waals surface area contributed by atoms with Gasteiger partial charge in [0.05, 0.1) is 11.0 Å². The number of halogens is 1. The third-order valence-electron chi connectivity index (χ3n) is 3.22. The number of thiophene rings is 1. The van der Waals surface area contributed by atoms with Gasteiger partial charge in [-0.1, -0.05) is 6.42 Å². The van der Waals surface area contributed by atoms with E-state index in [2.05, 4.69) is 15.9 Å². The molecule has 1 aromatic heterocycles. The summed E-state index contributed by atoms with van der Waals surface area (Å²) in [6.45, 7) is 0. The van der Waals surface area contributed by atoms with Crippen LogP contribution < -0.4 is 5.73 Å². The lowest BCUT2D eigenvalue weighted by Crippen LogP contribution is -2.44. The Hall–Kier alpha value is 0.0900. The van der Waals surface area contributed by atoms with Gasteiger partial charge in [0.15, 0.2) is 9.84 Å². The lowest BCUT2D eigenvalue weighted by atomic mass is 10.0. The first-order chi connectivity index (χ1) is 8.00. The Kier molecular flexibility index (Phi) is 4.28. The first kappa shape index (κ1) is 13.5. The van der Waals surface area contributed by atoms with Crippen molar-refractivity contribution >= 4 is 37.1 Å². The predicted octanol–water partition coefficient (Wildman–Crippen LogP) is 2.35. The second-order valence-electron chi connectivity index (χ2n) is 4.46. The maximum absolute atomic E-state index is 11.9. The van der Waals surface area contributed by atoms with Gasteiger partial charge >= 0.3 is 0 Å². The maximum Gasteiger partial charge on any atom is 0.154 e. The zero-order valence-corrected chi connectivity index (χ0v) is 12.7. The molecule has 1 aliphatic rings. The smallest absolute Gasteiger partial charge is 0.154 e. The first-order valence-electron chi connectivity index (χ1n) is 5.70. The molecule has 1 aliphatic heterocycles. The van der Waals surface area contributed by atoms with Crippen LogP contribution in [0.25, 0.3) is 0 Å². The fourth-order valence-electron chi connectivity index (χ4n) is 2.28. The van der Waals surface area contributed by atoms with Crippen LogP contribution >= 0.6 is 27.3 Å². The van der Waals surface area contributed by atoms with E-state index in [1.54, 1.807) is 11.3 Å². The fourth-order valence-corrected chi connectivity index (χ4v) is 5.93. The van der Waals surface area contributed by atoms with E-state index in [0.717, 1.165) is 22.2 Å². The predicted molar refractivity (Wildman–Crippen MR) is 75.1 cm³/mol. The molecule has 2 unspecified atom stereocenters. The molecule has 1 fully saturated rings. The Morgan fingerprint density at radius 2 is 2.29 bits per heavy atom. The molecule has 17 heavy (non-hydrogen) atoms. The Morgan fingerprint density at radius 3 is 2.88 bits per heavy atom. The summed E-state index contributed by atoms with van der Waals surface area (Å²) in [5, 5.41) is 1.63. The maximum atomic E-state index is 11.9. The second kappa shape index (κ2) is 5.38. The van der Waals surface area contributed by atoms with Crippen LogP contribution in [-0.4, -0.2) is 25.5 Å². The quantitative estimate of drug-likeness (QED) is 0.920. The van der Waals surface area contributed by atoms with E-state index in [4.69, 9.17) is 5.73 Å². The highest BCUT2D eigenvalue weighted by molar-refractivity contribution is 9.10. The van der Waals surface area contributed by atoms with Crippen LogP contribution in [0.5, 0.6) is 0 Å². The minimum absolute atomic E-state index is 0.282. The van der Waals surface area contributed by atoms with Crippen molar-refractivity contribution in [3.05, 3.63) is 20.8 Å². The van der Waals surface area contributed by atoms with Crippen molar-refractivity contribution < 1.29 is 8.42 Å². The largest absolute Gasteiger partial charge is 0.326 e. The van der Waals surface area contributed by atoms with Gasteiger partial charge in [0.25, 0.3) is 0 Å². The molecule has 0 aromatic carbocycles. The van der Waals surface area contributed by atoms with E-state index in [0.29, 0.717) is 18.6 Å². The van der Waals surface area contributed by atoms with E-state index in [1.165, 1.54) is 0 Å². The molecule has 2 N–H and O–H groups in total. The first-order valence-corrected chi connectivity index (χ1v) is 9.08. The van der Waals surface area contributed by atoms with Gasteiger partial charge in [-0.25, -0.2) is 8.42 Å². The van der Waals surface area contributed by atoms with Gasteiger partial charge in [-0.2, -0.15) is 0 Å². The average Bonchev–Trinajstić information content (AvgIpc) is 2.63. The molecule has 0 spiro atoms. The Labute approximate surface area is 114 Å². The van der Waals surface area contributed by atoms with Crippen molar-refractivity contribution in [1.82, 2.24) is 0 Å². The topological polar surface area (TPSA) is 60.2 Å². The molecular weight excluding hydrogens is 322 g/mol. The number of hydrogen-bond donors (Lipinski definition) is 1. The summed E-state index contributed by atoms with van der Waals surface area (Å²) < 4.78 is 24.9. The second-order valence-corrected chi connectivity index (χ2v) is 8.66. The lowest BCUT2D eigenvalue weighted by molar-refractivity contribution is 0.496. The van der Waals surface area contributed by atoms with Crippen molar-refractivity contribution in [2.45, 2.75) is 37.0 Å². The third-order valence-corrected chi connectivity index (χ3v) is 7.53. The fraction of sp³-hybridized carbons (Fsp3) is 0.636. The van der Waals surface area contributed by atoms with Gasteiger partial charge in [0.1, 0.15) is 0 Å². The highest BCUT2D eigenvalue weighted by Gasteiger charge is 2.33. The van der Waals surface area contributed by atoms with Gasteiger partial charge in [-0.3, -0.25) is 0 Å². The van der Waals surface area contributed by atoms with Gasteiger partial charge in [-0.05, 0) is 46.6 Å². The van der Waals surface area contributed by atoms with Crippen molar-refractivity contribution in [2.24, 2.45) is 5.73 Å². The van der Waals surface area contributed by atoms with Gasteiger partial charge in [0, 0.05) is 15.4 Å². The van der Waals surface area contributed by atoms with E-state index in [-0.39, 0.29) is 11.3 Å². The number of rotatable bonds is 3. The van der Waals surface area contributed by atoms with Crippen LogP contribution in [0.2, 0.25) is 0 Å². The van der Waals surface area contributed by atoms with Crippen LogP contribution in [-0.2, 0) is 16.3 Å². The molecule has 0 bridgehead atoms. The summed E-state index contributed by atoms with van der Waals surface area (Å²) in [6, 6.07) is 1.69.